The molecular weight excluding hydrogens is 216 g/mol. The second-order valence-corrected chi connectivity index (χ2v) is 4.04. The minimum absolute atomic E-state index is 0.165. The van der Waals surface area contributed by atoms with Gasteiger partial charge < -0.3 is 4.90 Å². The number of benzene rings is 1. The Labute approximate surface area is 100 Å². The van der Waals surface area contributed by atoms with Crippen LogP contribution in [0.25, 0.3) is 0 Å². The fourth-order valence-corrected chi connectivity index (χ4v) is 2.05. The SMILES string of the molecule is Cc1ccc([N+](=O)[O-])c(C)c1N1C=CCC=C1. The van der Waals surface area contributed by atoms with Crippen LogP contribution in [0.3, 0.4) is 0 Å². The maximum absolute atomic E-state index is 10.9. The Morgan fingerprint density at radius 2 is 1.88 bits per heavy atom. The number of rotatable bonds is 2. The molecule has 4 heteroatoms. The van der Waals surface area contributed by atoms with Crippen LogP contribution in [0.1, 0.15) is 17.5 Å². The largest absolute Gasteiger partial charge is 0.324 e. The zero-order chi connectivity index (χ0) is 12.4. The highest BCUT2D eigenvalue weighted by Gasteiger charge is 2.18. The maximum Gasteiger partial charge on any atom is 0.274 e. The fraction of sp³-hybridized carbons (Fsp3) is 0.231. The second kappa shape index (κ2) is 4.41. The number of nitro groups is 1. The molecule has 0 unspecified atom stereocenters. The van der Waals surface area contributed by atoms with Crippen molar-refractivity contribution < 1.29 is 4.92 Å². The van der Waals surface area contributed by atoms with E-state index in [0.29, 0.717) is 5.56 Å². The first-order valence-electron chi connectivity index (χ1n) is 5.47. The molecule has 0 bridgehead atoms. The molecule has 2 rings (SSSR count). The lowest BCUT2D eigenvalue weighted by molar-refractivity contribution is -0.385. The Morgan fingerprint density at radius 1 is 1.24 bits per heavy atom. The summed E-state index contributed by atoms with van der Waals surface area (Å²) >= 11 is 0. The highest BCUT2D eigenvalue weighted by atomic mass is 16.6. The summed E-state index contributed by atoms with van der Waals surface area (Å²) < 4.78 is 0. The zero-order valence-corrected chi connectivity index (χ0v) is 9.88. The van der Waals surface area contributed by atoms with Gasteiger partial charge in [-0.3, -0.25) is 10.1 Å². The number of hydrogen-bond acceptors (Lipinski definition) is 3. The smallest absolute Gasteiger partial charge is 0.274 e. The maximum atomic E-state index is 10.9. The predicted molar refractivity (Wildman–Crippen MR) is 67.9 cm³/mol. The number of nitro benzene ring substituents is 1. The van der Waals surface area contributed by atoms with Gasteiger partial charge in [0.25, 0.3) is 5.69 Å². The number of allylic oxidation sites excluding steroid dienone is 2. The van der Waals surface area contributed by atoms with Crippen molar-refractivity contribution in [1.82, 2.24) is 0 Å². The molecule has 1 aliphatic rings. The first-order valence-corrected chi connectivity index (χ1v) is 5.47. The van der Waals surface area contributed by atoms with E-state index < -0.39 is 0 Å². The zero-order valence-electron chi connectivity index (χ0n) is 9.88. The molecule has 1 heterocycles. The predicted octanol–water partition coefficient (Wildman–Crippen LogP) is 3.45. The highest BCUT2D eigenvalue weighted by molar-refractivity contribution is 5.68. The van der Waals surface area contributed by atoms with Crippen molar-refractivity contribution in [1.29, 1.82) is 0 Å². The van der Waals surface area contributed by atoms with E-state index in [0.717, 1.165) is 17.7 Å². The van der Waals surface area contributed by atoms with Crippen molar-refractivity contribution in [3.05, 3.63) is 57.9 Å². The Balaban J connectivity index is 2.55. The molecular formula is C13H14N2O2. The molecule has 0 spiro atoms. The fourth-order valence-electron chi connectivity index (χ4n) is 2.05. The summed E-state index contributed by atoms with van der Waals surface area (Å²) in [5.74, 6) is 0. The van der Waals surface area contributed by atoms with Crippen LogP contribution in [0.15, 0.2) is 36.7 Å². The van der Waals surface area contributed by atoms with Gasteiger partial charge in [-0.15, -0.1) is 0 Å². The monoisotopic (exact) mass is 230 g/mol. The summed E-state index contributed by atoms with van der Waals surface area (Å²) in [6.45, 7) is 3.75. The third-order valence-electron chi connectivity index (χ3n) is 2.86. The molecule has 0 saturated heterocycles. The van der Waals surface area contributed by atoms with Crippen LogP contribution in [0.5, 0.6) is 0 Å². The van der Waals surface area contributed by atoms with Gasteiger partial charge in [0.1, 0.15) is 0 Å². The van der Waals surface area contributed by atoms with Gasteiger partial charge in [-0.05, 0) is 25.8 Å². The van der Waals surface area contributed by atoms with Crippen molar-refractivity contribution in [3.8, 4) is 0 Å². The van der Waals surface area contributed by atoms with Crippen LogP contribution in [0.4, 0.5) is 11.4 Å². The van der Waals surface area contributed by atoms with Gasteiger partial charge in [-0.1, -0.05) is 18.2 Å². The average molecular weight is 230 g/mol. The van der Waals surface area contributed by atoms with Crippen molar-refractivity contribution in [2.45, 2.75) is 20.3 Å². The third kappa shape index (κ3) is 2.06. The third-order valence-corrected chi connectivity index (χ3v) is 2.86. The van der Waals surface area contributed by atoms with Gasteiger partial charge in [0, 0.05) is 18.5 Å². The van der Waals surface area contributed by atoms with E-state index in [1.807, 2.05) is 36.4 Å². The molecule has 88 valence electrons. The lowest BCUT2D eigenvalue weighted by Crippen LogP contribution is -2.12. The van der Waals surface area contributed by atoms with Crippen molar-refractivity contribution >= 4 is 11.4 Å². The second-order valence-electron chi connectivity index (χ2n) is 4.04. The van der Waals surface area contributed by atoms with Crippen LogP contribution < -0.4 is 4.90 Å². The van der Waals surface area contributed by atoms with Gasteiger partial charge in [0.2, 0.25) is 0 Å². The molecule has 0 N–H and O–H groups in total. The average Bonchev–Trinajstić information content (AvgIpc) is 2.30. The Morgan fingerprint density at radius 3 is 2.47 bits per heavy atom. The lowest BCUT2D eigenvalue weighted by atomic mass is 10.1. The van der Waals surface area contributed by atoms with Gasteiger partial charge in [-0.2, -0.15) is 0 Å². The van der Waals surface area contributed by atoms with E-state index in [2.05, 4.69) is 0 Å². The van der Waals surface area contributed by atoms with Crippen LogP contribution in [-0.2, 0) is 0 Å². The molecule has 1 aromatic rings. The van der Waals surface area contributed by atoms with Gasteiger partial charge in [0.05, 0.1) is 16.2 Å². The number of aryl methyl sites for hydroxylation is 1. The molecule has 1 aromatic carbocycles. The molecule has 17 heavy (non-hydrogen) atoms. The lowest BCUT2D eigenvalue weighted by Gasteiger charge is -2.22. The van der Waals surface area contributed by atoms with E-state index >= 15 is 0 Å². The van der Waals surface area contributed by atoms with Gasteiger partial charge in [0.15, 0.2) is 0 Å². The molecule has 4 nitrogen and oxygen atoms in total. The molecule has 0 aliphatic carbocycles. The topological polar surface area (TPSA) is 46.4 Å². The van der Waals surface area contributed by atoms with E-state index in [1.165, 1.54) is 0 Å². The van der Waals surface area contributed by atoms with E-state index in [-0.39, 0.29) is 10.6 Å². The van der Waals surface area contributed by atoms with E-state index in [4.69, 9.17) is 0 Å². The van der Waals surface area contributed by atoms with Crippen molar-refractivity contribution in [2.75, 3.05) is 4.90 Å². The van der Waals surface area contributed by atoms with Gasteiger partial charge >= 0.3 is 0 Å². The summed E-state index contributed by atoms with van der Waals surface area (Å²) in [5.41, 5.74) is 2.79. The first kappa shape index (κ1) is 11.4. The summed E-state index contributed by atoms with van der Waals surface area (Å²) in [7, 11) is 0. The van der Waals surface area contributed by atoms with Crippen LogP contribution >= 0.6 is 0 Å². The number of hydrogen-bond donors (Lipinski definition) is 0. The standard InChI is InChI=1S/C13H14N2O2/c1-10-6-7-12(15(16)17)11(2)13(10)14-8-4-3-5-9-14/h4-9H,3H2,1-2H3. The van der Waals surface area contributed by atoms with Gasteiger partial charge in [-0.25, -0.2) is 0 Å². The summed E-state index contributed by atoms with van der Waals surface area (Å²) in [4.78, 5) is 12.5. The normalized spacial score (nSPS) is 14.1. The minimum atomic E-state index is -0.338. The molecule has 0 amide bonds. The molecule has 0 aromatic heterocycles. The molecule has 1 aliphatic heterocycles. The molecule has 0 atom stereocenters. The highest BCUT2D eigenvalue weighted by Crippen LogP contribution is 2.33. The minimum Gasteiger partial charge on any atom is -0.324 e. The summed E-state index contributed by atoms with van der Waals surface area (Å²) in [6.07, 6.45) is 8.84. The number of anilines is 1. The van der Waals surface area contributed by atoms with E-state index in [1.54, 1.807) is 19.1 Å². The summed E-state index contributed by atoms with van der Waals surface area (Å²) in [6, 6.07) is 3.35. The van der Waals surface area contributed by atoms with Crippen LogP contribution in [0.2, 0.25) is 0 Å². The first-order chi connectivity index (χ1) is 8.11. The Kier molecular flexibility index (Phi) is 2.95. The van der Waals surface area contributed by atoms with Crippen molar-refractivity contribution in [3.63, 3.8) is 0 Å². The summed E-state index contributed by atoms with van der Waals surface area (Å²) in [5, 5.41) is 10.9. The van der Waals surface area contributed by atoms with E-state index in [9.17, 15) is 10.1 Å². The van der Waals surface area contributed by atoms with Crippen molar-refractivity contribution in [2.24, 2.45) is 0 Å². The molecule has 0 radical (unpaired) electrons. The molecule has 0 fully saturated rings. The van der Waals surface area contributed by atoms with Crippen LogP contribution in [0, 0.1) is 24.0 Å². The quantitative estimate of drug-likeness (QED) is 0.577. The Bertz CT molecular complexity index is 506. The number of nitrogens with zero attached hydrogens (tertiary/aromatic N) is 2. The van der Waals surface area contributed by atoms with Crippen LogP contribution in [-0.4, -0.2) is 4.92 Å². The molecule has 0 saturated carbocycles. The Hall–Kier alpha value is -2.10.